The minimum atomic E-state index is -0.898. The second kappa shape index (κ2) is 8.02. The molecule has 3 heterocycles. The summed E-state index contributed by atoms with van der Waals surface area (Å²) in [6.45, 7) is 13.6. The van der Waals surface area contributed by atoms with Crippen LogP contribution in [0.3, 0.4) is 0 Å². The molecular formula is C28H34O9. The Hall–Kier alpha value is -3.46. The third-order valence-electron chi connectivity index (χ3n) is 7.94. The number of benzene rings is 2. The number of rotatable bonds is 2. The van der Waals surface area contributed by atoms with Crippen LogP contribution in [0.2, 0.25) is 0 Å². The van der Waals surface area contributed by atoms with Crippen molar-refractivity contribution in [3.8, 4) is 34.5 Å². The van der Waals surface area contributed by atoms with Gasteiger partial charge in [0.1, 0.15) is 62.9 Å². The molecule has 0 saturated heterocycles. The number of phenolic OH excluding ortho intramolecular Hbond substituents is 3. The zero-order chi connectivity index (χ0) is 26.6. The van der Waals surface area contributed by atoms with E-state index in [1.807, 2.05) is 27.7 Å². The summed E-state index contributed by atoms with van der Waals surface area (Å²) in [6.07, 6.45) is -0.180. The lowest BCUT2D eigenvalue weighted by atomic mass is 9.63. The lowest BCUT2D eigenvalue weighted by Crippen LogP contribution is -2.53. The number of aromatic hydroxyl groups is 3. The van der Waals surface area contributed by atoms with Crippen LogP contribution in [0, 0.1) is 19.8 Å². The summed E-state index contributed by atoms with van der Waals surface area (Å²) >= 11 is 0. The van der Waals surface area contributed by atoms with Gasteiger partial charge in [0.2, 0.25) is 0 Å². The van der Waals surface area contributed by atoms with Crippen molar-refractivity contribution in [3.05, 3.63) is 33.4 Å². The van der Waals surface area contributed by atoms with E-state index in [9.17, 15) is 24.9 Å². The molecule has 0 fully saturated rings. The van der Waals surface area contributed by atoms with Crippen LogP contribution < -0.4 is 14.2 Å². The number of hydrogen-bond acceptors (Lipinski definition) is 8. The van der Waals surface area contributed by atoms with E-state index in [1.165, 1.54) is 20.8 Å². The molecule has 3 aliphatic rings. The fourth-order valence-electron chi connectivity index (χ4n) is 6.40. The monoisotopic (exact) mass is 514 g/mol. The fraction of sp³-hybridized carbons (Fsp3) is 0.500. The molecule has 5 N–H and O–H groups in total. The van der Waals surface area contributed by atoms with Crippen molar-refractivity contribution >= 4 is 11.6 Å². The first-order valence-corrected chi connectivity index (χ1v) is 12.1. The molecule has 0 spiro atoms. The van der Waals surface area contributed by atoms with Gasteiger partial charge in [-0.25, -0.2) is 0 Å². The maximum atomic E-state index is 12.6. The Kier molecular flexibility index (Phi) is 5.76. The number of carbonyl (C=O) groups excluding carboxylic acids is 2. The zero-order valence-corrected chi connectivity index (χ0v) is 22.3. The molecule has 2 aromatic carbocycles. The summed E-state index contributed by atoms with van der Waals surface area (Å²) < 4.78 is 19.3. The average Bonchev–Trinajstić information content (AvgIpc) is 2.73. The van der Waals surface area contributed by atoms with Gasteiger partial charge in [-0.05, 0) is 61.8 Å². The van der Waals surface area contributed by atoms with Crippen molar-refractivity contribution in [2.45, 2.75) is 85.0 Å². The Morgan fingerprint density at radius 3 is 1.84 bits per heavy atom. The first-order valence-electron chi connectivity index (χ1n) is 12.1. The van der Waals surface area contributed by atoms with Crippen LogP contribution in [0.1, 0.15) is 103 Å². The SMILES string of the molecule is CC(=O)c1c(O)c(C)c(O)c2c1OC(C)(C)[C@H]1[C@@H]2Oc2c(C)c(O)c(C(C)=O)c3c2[C@@H]1CC(C)(C)O3.O. The van der Waals surface area contributed by atoms with Gasteiger partial charge >= 0.3 is 0 Å². The van der Waals surface area contributed by atoms with Gasteiger partial charge in [-0.3, -0.25) is 9.59 Å². The van der Waals surface area contributed by atoms with Crippen LogP contribution in [0.5, 0.6) is 34.5 Å². The van der Waals surface area contributed by atoms with Crippen LogP contribution in [0.25, 0.3) is 0 Å². The van der Waals surface area contributed by atoms with Crippen LogP contribution in [-0.2, 0) is 0 Å². The molecule has 3 aliphatic heterocycles. The average molecular weight is 515 g/mol. The summed E-state index contributed by atoms with van der Waals surface area (Å²) in [7, 11) is 0. The fourth-order valence-corrected chi connectivity index (χ4v) is 6.40. The highest BCUT2D eigenvalue weighted by Crippen LogP contribution is 2.65. The molecule has 0 aliphatic carbocycles. The van der Waals surface area contributed by atoms with Crippen LogP contribution in [-0.4, -0.2) is 43.6 Å². The highest BCUT2D eigenvalue weighted by atomic mass is 16.5. The first-order chi connectivity index (χ1) is 16.6. The summed E-state index contributed by atoms with van der Waals surface area (Å²) in [4.78, 5) is 25.2. The first kappa shape index (κ1) is 26.6. The molecule has 200 valence electrons. The van der Waals surface area contributed by atoms with Gasteiger partial charge in [-0.15, -0.1) is 0 Å². The van der Waals surface area contributed by atoms with Crippen LogP contribution in [0.15, 0.2) is 0 Å². The van der Waals surface area contributed by atoms with E-state index in [-0.39, 0.29) is 62.8 Å². The van der Waals surface area contributed by atoms with E-state index < -0.39 is 23.1 Å². The number of Topliss-reactive ketones (excluding diaryl/α,β-unsaturated/α-hetero) is 2. The predicted molar refractivity (Wildman–Crippen MR) is 135 cm³/mol. The molecule has 3 atom stereocenters. The van der Waals surface area contributed by atoms with E-state index in [2.05, 4.69) is 0 Å². The molecule has 37 heavy (non-hydrogen) atoms. The largest absolute Gasteiger partial charge is 0.507 e. The number of carbonyl (C=O) groups is 2. The second-order valence-corrected chi connectivity index (χ2v) is 11.4. The summed E-state index contributed by atoms with van der Waals surface area (Å²) in [6, 6.07) is 0. The van der Waals surface area contributed by atoms with Gasteiger partial charge in [0.05, 0.1) is 5.56 Å². The van der Waals surface area contributed by atoms with E-state index in [0.717, 1.165) is 0 Å². The lowest BCUT2D eigenvalue weighted by Gasteiger charge is -2.54. The van der Waals surface area contributed by atoms with Crippen molar-refractivity contribution in [2.75, 3.05) is 0 Å². The maximum absolute atomic E-state index is 12.6. The Labute approximate surface area is 215 Å². The Bertz CT molecular complexity index is 1370. The van der Waals surface area contributed by atoms with Gasteiger partial charge in [-0.1, -0.05) is 0 Å². The van der Waals surface area contributed by atoms with E-state index in [1.54, 1.807) is 6.92 Å². The number of phenols is 3. The zero-order valence-electron chi connectivity index (χ0n) is 22.3. The van der Waals surface area contributed by atoms with E-state index in [0.29, 0.717) is 34.6 Å². The lowest BCUT2D eigenvalue weighted by molar-refractivity contribution is -0.0861. The minimum Gasteiger partial charge on any atom is -0.507 e. The molecule has 0 saturated carbocycles. The maximum Gasteiger partial charge on any atom is 0.167 e. The topological polar surface area (TPSA) is 154 Å². The van der Waals surface area contributed by atoms with Gasteiger partial charge in [0, 0.05) is 28.5 Å². The summed E-state index contributed by atoms with van der Waals surface area (Å²) in [5.74, 6) is -1.18. The van der Waals surface area contributed by atoms with Crippen molar-refractivity contribution in [2.24, 2.45) is 5.92 Å². The number of ether oxygens (including phenoxy) is 3. The standard InChI is InChI=1S/C28H32O8.H2O/c1-10-20(31)15(12(3)29)25-18(21(10)32)26-19(28(7,8)36-25)14-9-27(5,6)35-24-16(13(4)30)22(33)11(2)23(34-26)17(14)24;/h14,19,26,31-33H,9H2,1-8H3;1H2/t14-,19+,26+;/m0./s1. The Balaban J connectivity index is 0.00000320. The second-order valence-electron chi connectivity index (χ2n) is 11.4. The molecule has 0 unspecified atom stereocenters. The molecule has 0 radical (unpaired) electrons. The van der Waals surface area contributed by atoms with Crippen LogP contribution in [0.4, 0.5) is 0 Å². The van der Waals surface area contributed by atoms with Gasteiger partial charge in [-0.2, -0.15) is 0 Å². The molecule has 0 bridgehead atoms. The smallest absolute Gasteiger partial charge is 0.167 e. The predicted octanol–water partition coefficient (Wildman–Crippen LogP) is 4.57. The van der Waals surface area contributed by atoms with Crippen molar-refractivity contribution in [1.29, 1.82) is 0 Å². The highest BCUT2D eigenvalue weighted by Gasteiger charge is 2.58. The van der Waals surface area contributed by atoms with Crippen molar-refractivity contribution in [3.63, 3.8) is 0 Å². The number of fused-ring (bicyclic) bond motifs is 4. The minimum absolute atomic E-state index is 0. The third-order valence-corrected chi connectivity index (χ3v) is 7.94. The summed E-state index contributed by atoms with van der Waals surface area (Å²) in [5, 5.41) is 33.0. The molecule has 2 aromatic rings. The van der Waals surface area contributed by atoms with E-state index in [4.69, 9.17) is 14.2 Å². The number of hydrogen-bond donors (Lipinski definition) is 3. The molecule has 0 amide bonds. The number of ketones is 2. The molecule has 0 aromatic heterocycles. The highest BCUT2D eigenvalue weighted by molar-refractivity contribution is 6.02. The van der Waals surface area contributed by atoms with Gasteiger partial charge in [0.15, 0.2) is 11.6 Å². The molecular weight excluding hydrogens is 480 g/mol. The van der Waals surface area contributed by atoms with Gasteiger partial charge in [0.25, 0.3) is 0 Å². The third kappa shape index (κ3) is 3.47. The van der Waals surface area contributed by atoms with Crippen molar-refractivity contribution < 1.29 is 44.6 Å². The Morgan fingerprint density at radius 2 is 1.30 bits per heavy atom. The molecule has 5 rings (SSSR count). The van der Waals surface area contributed by atoms with Crippen molar-refractivity contribution in [1.82, 2.24) is 0 Å². The Morgan fingerprint density at radius 1 is 0.784 bits per heavy atom. The molecule has 9 nitrogen and oxygen atoms in total. The van der Waals surface area contributed by atoms with Crippen LogP contribution >= 0.6 is 0 Å². The van der Waals surface area contributed by atoms with E-state index >= 15 is 0 Å². The summed E-state index contributed by atoms with van der Waals surface area (Å²) in [5.41, 5.74) is 0.128. The normalized spacial score (nSPS) is 23.6. The molecule has 9 heteroatoms. The quantitative estimate of drug-likeness (QED) is 0.493. The van der Waals surface area contributed by atoms with Gasteiger partial charge < -0.3 is 35.0 Å².